The van der Waals surface area contributed by atoms with Gasteiger partial charge in [-0.1, -0.05) is 17.7 Å². The second kappa shape index (κ2) is 7.75. The SMILES string of the molecule is Cc1cc(Cl)ccc1C(=O)NCC(C)(C)S(=O)(=O)c1cccc(C(F)(F)F)c1. The summed E-state index contributed by atoms with van der Waals surface area (Å²) in [6.45, 7) is 4.09. The molecule has 9 heteroatoms. The average molecular weight is 434 g/mol. The van der Waals surface area contributed by atoms with E-state index in [0.717, 1.165) is 18.2 Å². The Bertz CT molecular complexity index is 1000. The summed E-state index contributed by atoms with van der Waals surface area (Å²) >= 11 is 5.85. The Morgan fingerprint density at radius 3 is 2.32 bits per heavy atom. The van der Waals surface area contributed by atoms with Crippen LogP contribution in [0, 0.1) is 6.92 Å². The van der Waals surface area contributed by atoms with Gasteiger partial charge >= 0.3 is 6.18 Å². The van der Waals surface area contributed by atoms with Crippen LogP contribution in [-0.2, 0) is 16.0 Å². The molecule has 0 atom stereocenters. The molecule has 0 fully saturated rings. The number of sulfone groups is 1. The second-order valence-electron chi connectivity index (χ2n) is 6.93. The van der Waals surface area contributed by atoms with Crippen molar-refractivity contribution in [3.8, 4) is 0 Å². The summed E-state index contributed by atoms with van der Waals surface area (Å²) in [7, 11) is -4.15. The third-order valence-electron chi connectivity index (χ3n) is 4.31. The van der Waals surface area contributed by atoms with Crippen LogP contribution in [0.3, 0.4) is 0 Å². The zero-order valence-corrected chi connectivity index (χ0v) is 17.0. The minimum absolute atomic E-state index is 0.285. The summed E-state index contributed by atoms with van der Waals surface area (Å²) in [5, 5.41) is 3.00. The molecule has 0 radical (unpaired) electrons. The number of alkyl halides is 3. The van der Waals surface area contributed by atoms with Gasteiger partial charge in [0.25, 0.3) is 5.91 Å². The van der Waals surface area contributed by atoms with Crippen molar-refractivity contribution in [1.29, 1.82) is 0 Å². The molecule has 0 bridgehead atoms. The fourth-order valence-electron chi connectivity index (χ4n) is 2.52. The lowest BCUT2D eigenvalue weighted by Gasteiger charge is -2.26. The molecule has 0 heterocycles. The van der Waals surface area contributed by atoms with Crippen molar-refractivity contribution in [2.24, 2.45) is 0 Å². The van der Waals surface area contributed by atoms with E-state index in [1.807, 2.05) is 0 Å². The summed E-state index contributed by atoms with van der Waals surface area (Å²) in [6.07, 6.45) is -4.66. The third-order valence-corrected chi connectivity index (χ3v) is 7.02. The van der Waals surface area contributed by atoms with Gasteiger partial charge in [-0.3, -0.25) is 4.79 Å². The van der Waals surface area contributed by atoms with Crippen LogP contribution in [-0.4, -0.2) is 25.6 Å². The lowest BCUT2D eigenvalue weighted by Crippen LogP contribution is -2.44. The summed E-state index contributed by atoms with van der Waals surface area (Å²) in [5.74, 6) is -0.499. The summed E-state index contributed by atoms with van der Waals surface area (Å²) in [4.78, 5) is 11.9. The van der Waals surface area contributed by atoms with E-state index in [9.17, 15) is 26.4 Å². The summed E-state index contributed by atoms with van der Waals surface area (Å²) in [5.41, 5.74) is -0.106. The first kappa shape index (κ1) is 22.2. The van der Waals surface area contributed by atoms with Crippen molar-refractivity contribution in [2.75, 3.05) is 6.54 Å². The topological polar surface area (TPSA) is 63.2 Å². The van der Waals surface area contributed by atoms with E-state index >= 15 is 0 Å². The van der Waals surface area contributed by atoms with Crippen LogP contribution in [0.25, 0.3) is 0 Å². The van der Waals surface area contributed by atoms with Crippen molar-refractivity contribution in [3.63, 3.8) is 0 Å². The van der Waals surface area contributed by atoms with E-state index in [1.54, 1.807) is 13.0 Å². The molecule has 28 heavy (non-hydrogen) atoms. The van der Waals surface area contributed by atoms with Crippen molar-refractivity contribution in [2.45, 2.75) is 36.6 Å². The number of carbonyl (C=O) groups excluding carboxylic acids is 1. The largest absolute Gasteiger partial charge is 0.416 e. The van der Waals surface area contributed by atoms with Crippen LogP contribution < -0.4 is 5.32 Å². The Morgan fingerprint density at radius 1 is 1.11 bits per heavy atom. The van der Waals surface area contributed by atoms with Crippen molar-refractivity contribution in [3.05, 3.63) is 64.2 Å². The smallest absolute Gasteiger partial charge is 0.350 e. The predicted molar refractivity (Wildman–Crippen MR) is 101 cm³/mol. The molecule has 0 aromatic heterocycles. The van der Waals surface area contributed by atoms with E-state index in [2.05, 4.69) is 5.32 Å². The molecule has 0 aliphatic rings. The molecule has 0 spiro atoms. The Hall–Kier alpha value is -2.06. The van der Waals surface area contributed by atoms with Crippen LogP contribution in [0.15, 0.2) is 47.4 Å². The van der Waals surface area contributed by atoms with Gasteiger partial charge in [-0.2, -0.15) is 13.2 Å². The van der Waals surface area contributed by atoms with E-state index in [-0.39, 0.29) is 6.54 Å². The quantitative estimate of drug-likeness (QED) is 0.746. The van der Waals surface area contributed by atoms with Gasteiger partial charge in [0.15, 0.2) is 9.84 Å². The molecular formula is C19H19ClF3NO3S. The van der Waals surface area contributed by atoms with Crippen LogP contribution in [0.2, 0.25) is 5.02 Å². The van der Waals surface area contributed by atoms with Gasteiger partial charge in [0, 0.05) is 17.1 Å². The standard InChI is InChI=1S/C19H19ClF3NO3S/c1-12-9-14(20)7-8-16(12)17(25)24-11-18(2,3)28(26,27)15-6-4-5-13(10-15)19(21,22)23/h4-10H,11H2,1-3H3,(H,24,25). The van der Waals surface area contributed by atoms with Gasteiger partial charge in [-0.15, -0.1) is 0 Å². The van der Waals surface area contributed by atoms with Gasteiger partial charge < -0.3 is 5.32 Å². The van der Waals surface area contributed by atoms with Crippen LogP contribution >= 0.6 is 11.6 Å². The minimum Gasteiger partial charge on any atom is -0.350 e. The molecule has 2 aromatic carbocycles. The average Bonchev–Trinajstić information content (AvgIpc) is 2.59. The maximum absolute atomic E-state index is 12.9. The molecule has 0 aliphatic heterocycles. The monoisotopic (exact) mass is 433 g/mol. The van der Waals surface area contributed by atoms with Crippen molar-refractivity contribution < 1.29 is 26.4 Å². The number of hydrogen-bond acceptors (Lipinski definition) is 3. The molecule has 0 aliphatic carbocycles. The third kappa shape index (κ3) is 4.67. The van der Waals surface area contributed by atoms with E-state index in [4.69, 9.17) is 11.6 Å². The number of rotatable bonds is 5. The van der Waals surface area contributed by atoms with Crippen LogP contribution in [0.4, 0.5) is 13.2 Å². The number of carbonyl (C=O) groups is 1. The molecule has 152 valence electrons. The molecule has 2 aromatic rings. The summed E-state index contributed by atoms with van der Waals surface area (Å²) < 4.78 is 62.9. The van der Waals surface area contributed by atoms with Gasteiger partial charge in [0.1, 0.15) is 0 Å². The fraction of sp³-hybridized carbons (Fsp3) is 0.316. The lowest BCUT2D eigenvalue weighted by atomic mass is 10.1. The Balaban J connectivity index is 2.24. The number of nitrogens with one attached hydrogen (secondary N) is 1. The highest BCUT2D eigenvalue weighted by molar-refractivity contribution is 7.92. The first-order valence-corrected chi connectivity index (χ1v) is 10.1. The fourth-order valence-corrected chi connectivity index (χ4v) is 4.19. The normalized spacial score (nSPS) is 12.7. The molecule has 0 saturated heterocycles. The van der Waals surface area contributed by atoms with Gasteiger partial charge in [-0.05, 0) is 62.7 Å². The number of halogens is 4. The van der Waals surface area contributed by atoms with Gasteiger partial charge in [-0.25, -0.2) is 8.42 Å². The van der Waals surface area contributed by atoms with Gasteiger partial charge in [0.2, 0.25) is 0 Å². The number of amides is 1. The second-order valence-corrected chi connectivity index (χ2v) is 9.95. The summed E-state index contributed by atoms with van der Waals surface area (Å²) in [6, 6.07) is 8.20. The molecule has 2 rings (SSSR count). The van der Waals surface area contributed by atoms with Crippen LogP contribution in [0.1, 0.15) is 35.3 Å². The molecular weight excluding hydrogens is 415 g/mol. The van der Waals surface area contributed by atoms with E-state index in [0.29, 0.717) is 22.2 Å². The lowest BCUT2D eigenvalue weighted by molar-refractivity contribution is -0.137. The molecule has 0 saturated carbocycles. The highest BCUT2D eigenvalue weighted by Crippen LogP contribution is 2.33. The first-order valence-electron chi connectivity index (χ1n) is 8.22. The zero-order chi connectivity index (χ0) is 21.3. The molecule has 1 N–H and O–H groups in total. The van der Waals surface area contributed by atoms with Crippen molar-refractivity contribution >= 4 is 27.3 Å². The highest BCUT2D eigenvalue weighted by Gasteiger charge is 2.38. The van der Waals surface area contributed by atoms with E-state index in [1.165, 1.54) is 26.0 Å². The zero-order valence-electron chi connectivity index (χ0n) is 15.4. The molecule has 0 unspecified atom stereocenters. The Kier molecular flexibility index (Phi) is 6.16. The number of aryl methyl sites for hydroxylation is 1. The molecule has 1 amide bonds. The number of hydrogen-bond donors (Lipinski definition) is 1. The predicted octanol–water partition coefficient (Wildman–Crippen LogP) is 4.65. The Morgan fingerprint density at radius 2 is 1.75 bits per heavy atom. The first-order chi connectivity index (χ1) is 12.8. The Labute approximate surface area is 166 Å². The van der Waals surface area contributed by atoms with E-state index < -0.39 is 37.1 Å². The molecule has 4 nitrogen and oxygen atoms in total. The van der Waals surface area contributed by atoms with Crippen molar-refractivity contribution in [1.82, 2.24) is 5.32 Å². The maximum atomic E-state index is 12.9. The minimum atomic E-state index is -4.66. The highest BCUT2D eigenvalue weighted by atomic mass is 35.5. The number of benzene rings is 2. The maximum Gasteiger partial charge on any atom is 0.416 e. The van der Waals surface area contributed by atoms with Crippen LogP contribution in [0.5, 0.6) is 0 Å². The van der Waals surface area contributed by atoms with Gasteiger partial charge in [0.05, 0.1) is 15.2 Å².